The van der Waals surface area contributed by atoms with E-state index in [1.807, 2.05) is 6.92 Å². The quantitative estimate of drug-likeness (QED) is 0.542. The zero-order valence-electron chi connectivity index (χ0n) is 7.35. The van der Waals surface area contributed by atoms with Crippen LogP contribution < -0.4 is 0 Å². The maximum Gasteiger partial charge on any atom is 0 e. The minimum atomic E-state index is 0. The first-order chi connectivity index (χ1) is 3.91. The summed E-state index contributed by atoms with van der Waals surface area (Å²) in [6, 6.07) is 0. The Labute approximate surface area is 93.6 Å². The van der Waals surface area contributed by atoms with E-state index in [1.54, 1.807) is 13.8 Å². The minimum absolute atomic E-state index is 0. The summed E-state index contributed by atoms with van der Waals surface area (Å²) >= 11 is 0. The van der Waals surface area contributed by atoms with E-state index >= 15 is 0 Å². The van der Waals surface area contributed by atoms with Crippen molar-refractivity contribution in [3.8, 4) is 0 Å². The zero-order valence-corrected chi connectivity index (χ0v) is 11.9. The summed E-state index contributed by atoms with van der Waals surface area (Å²) in [4.78, 5) is 0. The molecule has 0 aromatic rings. The summed E-state index contributed by atoms with van der Waals surface area (Å²) in [6.07, 6.45) is 0.750. The normalized spacial score (nSPS) is 4.20. The summed E-state index contributed by atoms with van der Waals surface area (Å²) in [5.74, 6) is 0. The first-order valence-electron chi connectivity index (χ1n) is 2.79. The smallest absolute Gasteiger partial charge is 0 e. The molecule has 0 amide bonds. The molecule has 1 nitrogen and oxygen atoms in total. The molecule has 10 heavy (non-hydrogen) atoms. The van der Waals surface area contributed by atoms with Gasteiger partial charge in [-0.15, -0.1) is 0 Å². The summed E-state index contributed by atoms with van der Waals surface area (Å²) < 4.78 is 0. The Hall–Kier alpha value is 1.30. The van der Waals surface area contributed by atoms with Gasteiger partial charge in [-0.05, 0) is 0 Å². The molecule has 0 radical (unpaired) electrons. The van der Waals surface area contributed by atoms with Crippen molar-refractivity contribution in [2.75, 3.05) is 0 Å². The molecule has 60 valence electrons. The fraction of sp³-hybridized carbons (Fsp3) is 0.571. The second-order valence-electron chi connectivity index (χ2n) is 0.591. The molecule has 0 spiro atoms. The molecule has 1 N–H and O–H groups in total. The van der Waals surface area contributed by atoms with Gasteiger partial charge in [-0.25, -0.2) is 6.61 Å². The van der Waals surface area contributed by atoms with Crippen LogP contribution in [0.3, 0.4) is 0 Å². The maximum atomic E-state index is 7.75. The van der Waals surface area contributed by atoms with Crippen molar-refractivity contribution in [3.63, 3.8) is 0 Å². The minimum Gasteiger partial charge on any atom is -0.566 e. The Kier molecular flexibility index (Phi) is 247. The first-order valence-corrected chi connectivity index (χ1v) is 2.79. The van der Waals surface area contributed by atoms with Crippen molar-refractivity contribution in [2.45, 2.75) is 27.2 Å². The molecule has 0 atom stereocenters. The Morgan fingerprint density at radius 2 is 1.30 bits per heavy atom. The van der Waals surface area contributed by atoms with Gasteiger partial charge in [0, 0.05) is 41.2 Å². The molecule has 0 bridgehead atoms. The topological polar surface area (TPSA) is 20.2 Å². The molecule has 0 heterocycles. The Morgan fingerprint density at radius 1 is 1.20 bits per heavy atom. The summed E-state index contributed by atoms with van der Waals surface area (Å²) in [5.41, 5.74) is 0. The van der Waals surface area contributed by atoms with Gasteiger partial charge in [-0.1, -0.05) is 6.92 Å². The van der Waals surface area contributed by atoms with Crippen molar-refractivity contribution in [1.29, 1.82) is 0 Å². The molecular weight excluding hydrogens is 213 g/mol. The van der Waals surface area contributed by atoms with Gasteiger partial charge in [0.15, 0.2) is 0 Å². The van der Waals surface area contributed by atoms with Crippen LogP contribution in [0.5, 0.6) is 0 Å². The molecular formula is C7H17OTiZn-3. The van der Waals surface area contributed by atoms with Crippen LogP contribution in [0.2, 0.25) is 0 Å². The van der Waals surface area contributed by atoms with Crippen LogP contribution in [0.25, 0.3) is 0 Å². The van der Waals surface area contributed by atoms with Crippen LogP contribution >= 0.6 is 0 Å². The Bertz CT molecular complexity index is 15.6. The van der Waals surface area contributed by atoms with E-state index in [2.05, 4.69) is 13.8 Å². The summed E-state index contributed by atoms with van der Waals surface area (Å²) in [5, 5.41) is 7.75. The molecule has 0 rings (SSSR count). The van der Waals surface area contributed by atoms with E-state index in [4.69, 9.17) is 5.11 Å². The monoisotopic (exact) mass is 229 g/mol. The SMILES string of the molecule is CC[CH-]O.[CH2-]C.[CH2-]C.[Ti].[Zn]. The van der Waals surface area contributed by atoms with Crippen molar-refractivity contribution in [3.05, 3.63) is 20.5 Å². The second-order valence-corrected chi connectivity index (χ2v) is 0.591. The average Bonchev–Trinajstić information content (AvgIpc) is 1.96. The predicted molar refractivity (Wildman–Crippen MR) is 38.6 cm³/mol. The first kappa shape index (κ1) is 30.2. The van der Waals surface area contributed by atoms with Crippen molar-refractivity contribution >= 4 is 0 Å². The fourth-order valence-electron chi connectivity index (χ4n) is 0. The van der Waals surface area contributed by atoms with Crippen molar-refractivity contribution < 1.29 is 46.3 Å². The van der Waals surface area contributed by atoms with Crippen LogP contribution in [0.15, 0.2) is 0 Å². The van der Waals surface area contributed by atoms with E-state index in [0.29, 0.717) is 0 Å². The van der Waals surface area contributed by atoms with E-state index < -0.39 is 0 Å². The van der Waals surface area contributed by atoms with E-state index in [9.17, 15) is 0 Å². The molecule has 3 heteroatoms. The van der Waals surface area contributed by atoms with E-state index in [0.717, 1.165) is 13.0 Å². The van der Waals surface area contributed by atoms with Gasteiger partial charge in [0.05, 0.1) is 0 Å². The number of aliphatic hydroxyl groups excluding tert-OH is 1. The third kappa shape index (κ3) is 121. The standard InChI is InChI=1S/C3H7O.2C2H5.Ti.Zn/c1-2-3-4;2*1-2;;/h3-4H,2H2,1H3;2*1H2,2H3;;/q3*-1;;. The van der Waals surface area contributed by atoms with E-state index in [-0.39, 0.29) is 41.2 Å². The Balaban J connectivity index is -0.0000000125. The maximum absolute atomic E-state index is 7.75. The van der Waals surface area contributed by atoms with Gasteiger partial charge in [0.2, 0.25) is 0 Å². The molecule has 0 unspecified atom stereocenters. The van der Waals surface area contributed by atoms with Crippen LogP contribution in [-0.4, -0.2) is 5.11 Å². The number of hydrogen-bond donors (Lipinski definition) is 1. The summed E-state index contributed by atoms with van der Waals surface area (Å²) in [7, 11) is 0. The molecule has 0 aromatic carbocycles. The summed E-state index contributed by atoms with van der Waals surface area (Å²) in [6.45, 7) is 13.0. The van der Waals surface area contributed by atoms with E-state index in [1.165, 1.54) is 0 Å². The molecule has 0 saturated carbocycles. The third-order valence-electron chi connectivity index (χ3n) is 0.183. The molecule has 0 aliphatic carbocycles. The van der Waals surface area contributed by atoms with Crippen molar-refractivity contribution in [1.82, 2.24) is 0 Å². The van der Waals surface area contributed by atoms with Gasteiger partial charge >= 0.3 is 0 Å². The van der Waals surface area contributed by atoms with Crippen LogP contribution in [-0.2, 0) is 41.2 Å². The van der Waals surface area contributed by atoms with Crippen LogP contribution in [0.1, 0.15) is 27.2 Å². The van der Waals surface area contributed by atoms with Crippen molar-refractivity contribution in [2.24, 2.45) is 0 Å². The van der Waals surface area contributed by atoms with Gasteiger partial charge in [0.25, 0.3) is 0 Å². The largest absolute Gasteiger partial charge is 0.566 e. The number of rotatable bonds is 1. The average molecular weight is 230 g/mol. The van der Waals surface area contributed by atoms with Gasteiger partial charge in [0.1, 0.15) is 0 Å². The van der Waals surface area contributed by atoms with Gasteiger partial charge in [-0.3, -0.25) is 0 Å². The number of aliphatic hydroxyl groups is 1. The zero-order chi connectivity index (χ0) is 7.41. The third-order valence-corrected chi connectivity index (χ3v) is 0.183. The van der Waals surface area contributed by atoms with Crippen LogP contribution in [0.4, 0.5) is 0 Å². The van der Waals surface area contributed by atoms with Gasteiger partial charge in [-0.2, -0.15) is 20.3 Å². The predicted octanol–water partition coefficient (Wildman–Crippen LogP) is 2.61. The molecule has 0 saturated heterocycles. The molecule has 0 aromatic heterocycles. The molecule has 0 aliphatic rings. The fourth-order valence-corrected chi connectivity index (χ4v) is 0. The molecule has 0 fully saturated rings. The molecule has 0 aliphatic heterocycles. The van der Waals surface area contributed by atoms with Crippen LogP contribution in [0, 0.1) is 20.5 Å². The second kappa shape index (κ2) is 81.9. The Morgan fingerprint density at radius 3 is 1.30 bits per heavy atom. The van der Waals surface area contributed by atoms with Gasteiger partial charge < -0.3 is 19.0 Å². The number of hydrogen-bond acceptors (Lipinski definition) is 1.